The Morgan fingerprint density at radius 3 is 2.37 bits per heavy atom. The number of esters is 1. The van der Waals surface area contributed by atoms with Gasteiger partial charge in [0.15, 0.2) is 6.61 Å². The standard InChI is InChI=1S/C23H24N2O5/c1-28-18-8-3-15(4-9-18)13-25(17-6-7-17)22(26)14-30-23(27)21-11-16-5-10-19(29-2)12-20(16)24-21/h3-5,8-12,17,24H,6-7,13-14H2,1-2H3. The van der Waals surface area contributed by atoms with Crippen molar-refractivity contribution in [2.75, 3.05) is 20.8 Å². The van der Waals surface area contributed by atoms with Crippen LogP contribution in [0.2, 0.25) is 0 Å². The van der Waals surface area contributed by atoms with Gasteiger partial charge in [0.05, 0.1) is 14.2 Å². The SMILES string of the molecule is COc1ccc(CN(C(=O)COC(=O)c2cc3ccc(OC)cc3[nH]2)C2CC2)cc1. The number of aromatic amines is 1. The maximum Gasteiger partial charge on any atom is 0.355 e. The molecular formula is C23H24N2O5. The summed E-state index contributed by atoms with van der Waals surface area (Å²) < 4.78 is 15.7. The van der Waals surface area contributed by atoms with Crippen molar-refractivity contribution in [3.8, 4) is 11.5 Å². The molecule has 30 heavy (non-hydrogen) atoms. The summed E-state index contributed by atoms with van der Waals surface area (Å²) in [5.74, 6) is 0.712. The average molecular weight is 408 g/mol. The Morgan fingerprint density at radius 1 is 1.00 bits per heavy atom. The van der Waals surface area contributed by atoms with Crippen molar-refractivity contribution in [1.29, 1.82) is 0 Å². The third-order valence-corrected chi connectivity index (χ3v) is 5.20. The molecule has 1 fully saturated rings. The zero-order chi connectivity index (χ0) is 21.1. The third kappa shape index (κ3) is 4.40. The van der Waals surface area contributed by atoms with Gasteiger partial charge in [0.25, 0.3) is 5.91 Å². The molecule has 1 saturated carbocycles. The van der Waals surface area contributed by atoms with Gasteiger partial charge in [-0.2, -0.15) is 0 Å². The van der Waals surface area contributed by atoms with Crippen molar-refractivity contribution in [1.82, 2.24) is 9.88 Å². The Hall–Kier alpha value is -3.48. The second-order valence-corrected chi connectivity index (χ2v) is 7.31. The van der Waals surface area contributed by atoms with Crippen LogP contribution in [0.4, 0.5) is 0 Å². The number of hydrogen-bond acceptors (Lipinski definition) is 5. The molecular weight excluding hydrogens is 384 g/mol. The molecule has 0 atom stereocenters. The fourth-order valence-electron chi connectivity index (χ4n) is 3.37. The number of benzene rings is 2. The predicted octanol–water partition coefficient (Wildman–Crippen LogP) is 3.53. The van der Waals surface area contributed by atoms with Crippen LogP contribution in [-0.4, -0.2) is 48.6 Å². The van der Waals surface area contributed by atoms with E-state index in [0.717, 1.165) is 35.1 Å². The Bertz CT molecular complexity index is 1050. The molecule has 1 aliphatic rings. The summed E-state index contributed by atoms with van der Waals surface area (Å²) in [5.41, 5.74) is 2.08. The lowest BCUT2D eigenvalue weighted by Gasteiger charge is -2.22. The highest BCUT2D eigenvalue weighted by atomic mass is 16.5. The molecule has 7 nitrogen and oxygen atoms in total. The molecule has 1 aromatic heterocycles. The summed E-state index contributed by atoms with van der Waals surface area (Å²) in [7, 11) is 3.20. The van der Waals surface area contributed by atoms with Gasteiger partial charge in [-0.15, -0.1) is 0 Å². The van der Waals surface area contributed by atoms with E-state index in [1.54, 1.807) is 31.3 Å². The molecule has 0 bridgehead atoms. The van der Waals surface area contributed by atoms with E-state index in [-0.39, 0.29) is 18.6 Å². The van der Waals surface area contributed by atoms with E-state index in [9.17, 15) is 9.59 Å². The van der Waals surface area contributed by atoms with Crippen molar-refractivity contribution >= 4 is 22.8 Å². The maximum absolute atomic E-state index is 12.7. The summed E-state index contributed by atoms with van der Waals surface area (Å²) in [6, 6.07) is 15.0. The topological polar surface area (TPSA) is 80.9 Å². The Morgan fingerprint density at radius 2 is 1.70 bits per heavy atom. The largest absolute Gasteiger partial charge is 0.497 e. The summed E-state index contributed by atoms with van der Waals surface area (Å²) >= 11 is 0. The first-order valence-corrected chi connectivity index (χ1v) is 9.83. The van der Waals surface area contributed by atoms with Crippen LogP contribution in [0.15, 0.2) is 48.5 Å². The van der Waals surface area contributed by atoms with Crippen LogP contribution in [0.25, 0.3) is 10.9 Å². The van der Waals surface area contributed by atoms with Gasteiger partial charge in [-0.25, -0.2) is 4.79 Å². The van der Waals surface area contributed by atoms with E-state index in [2.05, 4.69) is 4.98 Å². The van der Waals surface area contributed by atoms with Gasteiger partial charge in [0.1, 0.15) is 17.2 Å². The number of methoxy groups -OCH3 is 2. The lowest BCUT2D eigenvalue weighted by molar-refractivity contribution is -0.135. The fourth-order valence-corrected chi connectivity index (χ4v) is 3.37. The molecule has 156 valence electrons. The Balaban J connectivity index is 1.38. The number of aromatic nitrogens is 1. The highest BCUT2D eigenvalue weighted by molar-refractivity contribution is 5.96. The van der Waals surface area contributed by atoms with Crippen LogP contribution in [-0.2, 0) is 16.1 Å². The van der Waals surface area contributed by atoms with Gasteiger partial charge < -0.3 is 24.1 Å². The lowest BCUT2D eigenvalue weighted by Crippen LogP contribution is -2.36. The predicted molar refractivity (Wildman–Crippen MR) is 112 cm³/mol. The molecule has 1 heterocycles. The molecule has 0 spiro atoms. The van der Waals surface area contributed by atoms with Crippen LogP contribution in [0, 0.1) is 0 Å². The molecule has 1 aliphatic carbocycles. The highest BCUT2D eigenvalue weighted by Crippen LogP contribution is 2.29. The first kappa shape index (κ1) is 19.8. The van der Waals surface area contributed by atoms with Crippen molar-refractivity contribution in [2.24, 2.45) is 0 Å². The Kier molecular flexibility index (Phi) is 5.61. The third-order valence-electron chi connectivity index (χ3n) is 5.20. The first-order chi connectivity index (χ1) is 14.6. The summed E-state index contributed by atoms with van der Waals surface area (Å²) in [6.07, 6.45) is 1.94. The number of fused-ring (bicyclic) bond motifs is 1. The number of nitrogens with zero attached hydrogens (tertiary/aromatic N) is 1. The Labute approximate surface area is 174 Å². The minimum atomic E-state index is -0.557. The van der Waals surface area contributed by atoms with E-state index < -0.39 is 5.97 Å². The van der Waals surface area contributed by atoms with Gasteiger partial charge in [0.2, 0.25) is 0 Å². The van der Waals surface area contributed by atoms with Gasteiger partial charge in [0, 0.05) is 29.6 Å². The average Bonchev–Trinajstić information content (AvgIpc) is 3.53. The summed E-state index contributed by atoms with van der Waals surface area (Å²) in [4.78, 5) is 30.0. The number of hydrogen-bond donors (Lipinski definition) is 1. The maximum atomic E-state index is 12.7. The smallest absolute Gasteiger partial charge is 0.355 e. The van der Waals surface area contributed by atoms with Crippen LogP contribution in [0.1, 0.15) is 28.9 Å². The minimum Gasteiger partial charge on any atom is -0.497 e. The van der Waals surface area contributed by atoms with E-state index in [1.807, 2.05) is 36.4 Å². The zero-order valence-electron chi connectivity index (χ0n) is 17.0. The summed E-state index contributed by atoms with van der Waals surface area (Å²) in [6.45, 7) is 0.196. The quantitative estimate of drug-likeness (QED) is 0.577. The van der Waals surface area contributed by atoms with E-state index >= 15 is 0 Å². The molecule has 0 saturated heterocycles. The zero-order valence-corrected chi connectivity index (χ0v) is 17.0. The lowest BCUT2D eigenvalue weighted by atomic mass is 10.2. The molecule has 0 radical (unpaired) electrons. The number of amides is 1. The van der Waals surface area contributed by atoms with Gasteiger partial charge in [-0.1, -0.05) is 12.1 Å². The monoisotopic (exact) mass is 408 g/mol. The summed E-state index contributed by atoms with van der Waals surface area (Å²) in [5, 5.41) is 0.869. The van der Waals surface area contributed by atoms with Gasteiger partial charge >= 0.3 is 5.97 Å². The molecule has 3 aromatic rings. The van der Waals surface area contributed by atoms with Crippen LogP contribution in [0.5, 0.6) is 11.5 Å². The van der Waals surface area contributed by atoms with Gasteiger partial charge in [-0.05, 0) is 48.7 Å². The van der Waals surface area contributed by atoms with Crippen molar-refractivity contribution in [3.63, 3.8) is 0 Å². The van der Waals surface area contributed by atoms with Crippen LogP contribution in [0.3, 0.4) is 0 Å². The normalized spacial score (nSPS) is 13.1. The number of carbonyl (C=O) groups excluding carboxylic acids is 2. The molecule has 4 rings (SSSR count). The highest BCUT2D eigenvalue weighted by Gasteiger charge is 2.33. The number of H-pyrrole nitrogens is 1. The molecule has 1 amide bonds. The molecule has 7 heteroatoms. The second kappa shape index (κ2) is 8.49. The van der Waals surface area contributed by atoms with Gasteiger partial charge in [-0.3, -0.25) is 4.79 Å². The molecule has 2 aromatic carbocycles. The van der Waals surface area contributed by atoms with Crippen molar-refractivity contribution in [2.45, 2.75) is 25.4 Å². The first-order valence-electron chi connectivity index (χ1n) is 9.83. The van der Waals surface area contributed by atoms with Crippen molar-refractivity contribution in [3.05, 3.63) is 59.8 Å². The molecule has 1 N–H and O–H groups in total. The molecule has 0 unspecified atom stereocenters. The van der Waals surface area contributed by atoms with E-state index in [1.165, 1.54) is 0 Å². The number of carbonyl (C=O) groups is 2. The van der Waals surface area contributed by atoms with E-state index in [4.69, 9.17) is 14.2 Å². The fraction of sp³-hybridized carbons (Fsp3) is 0.304. The number of ether oxygens (including phenoxy) is 3. The number of rotatable bonds is 8. The second-order valence-electron chi connectivity index (χ2n) is 7.31. The van der Waals surface area contributed by atoms with Crippen LogP contribution < -0.4 is 9.47 Å². The van der Waals surface area contributed by atoms with E-state index in [0.29, 0.717) is 18.0 Å². The van der Waals surface area contributed by atoms with Crippen LogP contribution >= 0.6 is 0 Å². The minimum absolute atomic E-state index is 0.195. The molecule has 0 aliphatic heterocycles. The van der Waals surface area contributed by atoms with Crippen molar-refractivity contribution < 1.29 is 23.8 Å². The number of nitrogens with one attached hydrogen (secondary N) is 1.